The molecule has 0 unspecified atom stereocenters. The van der Waals surface area contributed by atoms with Crippen molar-refractivity contribution in [2.45, 2.75) is 19.4 Å². The van der Waals surface area contributed by atoms with Crippen LogP contribution in [-0.4, -0.2) is 28.5 Å². The number of carbonyl (C=O) groups is 1. The highest BCUT2D eigenvalue weighted by atomic mass is 16.2. The Labute approximate surface area is 106 Å². The van der Waals surface area contributed by atoms with Crippen molar-refractivity contribution in [1.29, 1.82) is 0 Å². The van der Waals surface area contributed by atoms with E-state index in [9.17, 15) is 4.79 Å². The van der Waals surface area contributed by atoms with Gasteiger partial charge in [-0.15, -0.1) is 0 Å². The Balaban J connectivity index is 1.85. The smallest absolute Gasteiger partial charge is 0.242 e. The molecule has 1 aromatic heterocycles. The van der Waals surface area contributed by atoms with E-state index in [1.54, 1.807) is 0 Å². The van der Waals surface area contributed by atoms with Crippen molar-refractivity contribution in [3.8, 4) is 0 Å². The van der Waals surface area contributed by atoms with Crippen LogP contribution >= 0.6 is 0 Å². The average Bonchev–Trinajstić information content (AvgIpc) is 2.99. The lowest BCUT2D eigenvalue weighted by Gasteiger charge is -2.16. The fourth-order valence-electron chi connectivity index (χ4n) is 2.55. The maximum absolute atomic E-state index is 12.1. The van der Waals surface area contributed by atoms with Crippen LogP contribution in [0.3, 0.4) is 0 Å². The zero-order valence-electron chi connectivity index (χ0n) is 10.3. The van der Waals surface area contributed by atoms with Crippen LogP contribution in [0.5, 0.6) is 0 Å². The normalized spacial score (nSPS) is 15.4. The van der Waals surface area contributed by atoms with Crippen LogP contribution in [0, 0.1) is 0 Å². The van der Waals surface area contributed by atoms with Gasteiger partial charge in [-0.1, -0.05) is 6.07 Å². The Morgan fingerprint density at radius 1 is 1.22 bits per heavy atom. The number of hydrogen-bond acceptors (Lipinski definition) is 2. The third-order valence-corrected chi connectivity index (χ3v) is 3.56. The van der Waals surface area contributed by atoms with E-state index in [4.69, 9.17) is 5.73 Å². The number of hydrogen-bond donors (Lipinski definition) is 1. The van der Waals surface area contributed by atoms with Gasteiger partial charge in [0.25, 0.3) is 0 Å². The Hall–Kier alpha value is -1.97. The van der Waals surface area contributed by atoms with E-state index in [0.717, 1.165) is 42.5 Å². The number of anilines is 1. The first-order chi connectivity index (χ1) is 8.74. The number of aromatic nitrogens is 1. The molecule has 1 fully saturated rings. The van der Waals surface area contributed by atoms with Gasteiger partial charge in [-0.05, 0) is 36.4 Å². The highest BCUT2D eigenvalue weighted by Gasteiger charge is 2.18. The average molecular weight is 243 g/mol. The van der Waals surface area contributed by atoms with Crippen LogP contribution in [0.1, 0.15) is 12.8 Å². The van der Waals surface area contributed by atoms with Gasteiger partial charge in [0.2, 0.25) is 5.91 Å². The van der Waals surface area contributed by atoms with Gasteiger partial charge in [0.15, 0.2) is 0 Å². The second kappa shape index (κ2) is 4.37. The van der Waals surface area contributed by atoms with E-state index < -0.39 is 0 Å². The van der Waals surface area contributed by atoms with Crippen LogP contribution in [0.15, 0.2) is 30.5 Å². The zero-order chi connectivity index (χ0) is 12.5. The zero-order valence-corrected chi connectivity index (χ0v) is 10.3. The number of fused-ring (bicyclic) bond motifs is 1. The number of nitrogens with two attached hydrogens (primary N) is 1. The monoisotopic (exact) mass is 243 g/mol. The molecular weight excluding hydrogens is 226 g/mol. The van der Waals surface area contributed by atoms with E-state index in [2.05, 4.69) is 0 Å². The van der Waals surface area contributed by atoms with Crippen LogP contribution in [-0.2, 0) is 11.3 Å². The maximum Gasteiger partial charge on any atom is 0.242 e. The molecule has 2 N–H and O–H groups in total. The predicted octanol–water partition coefficient (Wildman–Crippen LogP) is 1.85. The lowest BCUT2D eigenvalue weighted by Crippen LogP contribution is -2.30. The van der Waals surface area contributed by atoms with Gasteiger partial charge in [-0.3, -0.25) is 4.79 Å². The minimum atomic E-state index is 0.201. The second-order valence-electron chi connectivity index (χ2n) is 4.85. The van der Waals surface area contributed by atoms with Crippen LogP contribution in [0.2, 0.25) is 0 Å². The number of likely N-dealkylation sites (tertiary alicyclic amines) is 1. The van der Waals surface area contributed by atoms with Gasteiger partial charge in [-0.2, -0.15) is 0 Å². The number of carbonyl (C=O) groups excluding carboxylic acids is 1. The third-order valence-electron chi connectivity index (χ3n) is 3.56. The summed E-state index contributed by atoms with van der Waals surface area (Å²) in [4.78, 5) is 14.1. The number of benzene rings is 1. The van der Waals surface area contributed by atoms with E-state index in [1.807, 2.05) is 39.9 Å². The Bertz CT molecular complexity index is 582. The summed E-state index contributed by atoms with van der Waals surface area (Å²) in [6, 6.07) is 7.81. The van der Waals surface area contributed by atoms with Crippen molar-refractivity contribution < 1.29 is 4.79 Å². The molecule has 4 nitrogen and oxygen atoms in total. The number of nitrogen functional groups attached to an aromatic ring is 1. The molecule has 0 saturated carbocycles. The Morgan fingerprint density at radius 3 is 2.78 bits per heavy atom. The molecule has 1 aromatic carbocycles. The highest BCUT2D eigenvalue weighted by Crippen LogP contribution is 2.19. The van der Waals surface area contributed by atoms with Crippen molar-refractivity contribution >= 4 is 22.5 Å². The molecule has 18 heavy (non-hydrogen) atoms. The Morgan fingerprint density at radius 2 is 2.00 bits per heavy atom. The fourth-order valence-corrected chi connectivity index (χ4v) is 2.55. The molecule has 1 aliphatic rings. The Kier molecular flexibility index (Phi) is 2.70. The van der Waals surface area contributed by atoms with Crippen molar-refractivity contribution in [3.63, 3.8) is 0 Å². The predicted molar refractivity (Wildman–Crippen MR) is 72.2 cm³/mol. The van der Waals surface area contributed by atoms with Gasteiger partial charge in [0.1, 0.15) is 6.54 Å². The summed E-state index contributed by atoms with van der Waals surface area (Å²) in [6.07, 6.45) is 4.22. The van der Waals surface area contributed by atoms with E-state index in [1.165, 1.54) is 0 Å². The first kappa shape index (κ1) is 11.1. The summed E-state index contributed by atoms with van der Waals surface area (Å²) in [7, 11) is 0. The number of nitrogens with zero attached hydrogens (tertiary/aromatic N) is 2. The van der Waals surface area contributed by atoms with Gasteiger partial charge < -0.3 is 15.2 Å². The SMILES string of the molecule is Nc1ccc2ccn(CC(=O)N3CCCC3)c2c1. The second-order valence-corrected chi connectivity index (χ2v) is 4.85. The summed E-state index contributed by atoms with van der Waals surface area (Å²) >= 11 is 0. The molecule has 0 bridgehead atoms. The molecule has 0 radical (unpaired) electrons. The largest absolute Gasteiger partial charge is 0.399 e. The summed E-state index contributed by atoms with van der Waals surface area (Å²) in [6.45, 7) is 2.22. The van der Waals surface area contributed by atoms with Crippen LogP contribution < -0.4 is 5.73 Å². The quantitative estimate of drug-likeness (QED) is 0.818. The van der Waals surface area contributed by atoms with Crippen LogP contribution in [0.25, 0.3) is 10.9 Å². The minimum absolute atomic E-state index is 0.201. The lowest BCUT2D eigenvalue weighted by atomic mass is 10.2. The molecule has 1 aliphatic heterocycles. The lowest BCUT2D eigenvalue weighted by molar-refractivity contribution is -0.130. The fraction of sp³-hybridized carbons (Fsp3) is 0.357. The molecule has 0 aliphatic carbocycles. The van der Waals surface area contributed by atoms with Crippen molar-refractivity contribution in [1.82, 2.24) is 9.47 Å². The van der Waals surface area contributed by atoms with Crippen molar-refractivity contribution in [3.05, 3.63) is 30.5 Å². The maximum atomic E-state index is 12.1. The number of rotatable bonds is 2. The molecular formula is C14H17N3O. The molecule has 4 heteroatoms. The standard InChI is InChI=1S/C14H17N3O/c15-12-4-3-11-5-8-17(13(11)9-12)10-14(18)16-6-1-2-7-16/h3-5,8-9H,1-2,6-7,10,15H2. The number of amides is 1. The van der Waals surface area contributed by atoms with Gasteiger partial charge in [0.05, 0.1) is 5.52 Å². The molecule has 3 rings (SSSR count). The molecule has 94 valence electrons. The van der Waals surface area contributed by atoms with Crippen molar-refractivity contribution in [2.75, 3.05) is 18.8 Å². The highest BCUT2D eigenvalue weighted by molar-refractivity contribution is 5.85. The van der Waals surface area contributed by atoms with Gasteiger partial charge in [0, 0.05) is 25.0 Å². The van der Waals surface area contributed by atoms with Gasteiger partial charge in [-0.25, -0.2) is 0 Å². The van der Waals surface area contributed by atoms with E-state index in [0.29, 0.717) is 6.54 Å². The molecule has 2 aromatic rings. The summed E-state index contributed by atoms with van der Waals surface area (Å²) in [5, 5.41) is 1.12. The van der Waals surface area contributed by atoms with E-state index >= 15 is 0 Å². The van der Waals surface area contributed by atoms with E-state index in [-0.39, 0.29) is 5.91 Å². The molecule has 0 spiro atoms. The van der Waals surface area contributed by atoms with Crippen molar-refractivity contribution in [2.24, 2.45) is 0 Å². The van der Waals surface area contributed by atoms with Gasteiger partial charge >= 0.3 is 0 Å². The molecule has 2 heterocycles. The van der Waals surface area contributed by atoms with Crippen LogP contribution in [0.4, 0.5) is 5.69 Å². The molecule has 0 atom stereocenters. The first-order valence-electron chi connectivity index (χ1n) is 6.36. The molecule has 1 amide bonds. The third kappa shape index (κ3) is 1.94. The summed E-state index contributed by atoms with van der Waals surface area (Å²) in [5.41, 5.74) is 7.56. The topological polar surface area (TPSA) is 51.3 Å². The minimum Gasteiger partial charge on any atom is -0.399 e. The summed E-state index contributed by atoms with van der Waals surface area (Å²) in [5.74, 6) is 0.201. The molecule has 1 saturated heterocycles. The summed E-state index contributed by atoms with van der Waals surface area (Å²) < 4.78 is 1.98. The first-order valence-corrected chi connectivity index (χ1v) is 6.36.